The minimum atomic E-state index is -0.834. The summed E-state index contributed by atoms with van der Waals surface area (Å²) in [5.41, 5.74) is 3.17. The van der Waals surface area contributed by atoms with E-state index in [9.17, 15) is 14.4 Å². The number of rotatable bonds is 10. The zero-order valence-corrected chi connectivity index (χ0v) is 22.6. The second-order valence-electron chi connectivity index (χ2n) is 9.44. The summed E-state index contributed by atoms with van der Waals surface area (Å²) in [4.78, 5) is 35.9. The lowest BCUT2D eigenvalue weighted by Crippen LogP contribution is -2.12. The van der Waals surface area contributed by atoms with Gasteiger partial charge in [0.05, 0.1) is 30.4 Å². The number of benzene rings is 3. The van der Waals surface area contributed by atoms with Gasteiger partial charge in [-0.1, -0.05) is 43.8 Å². The number of esters is 2. The first-order valence-corrected chi connectivity index (χ1v) is 13.2. The number of nitrogens with zero attached hydrogens (tertiary/aromatic N) is 1. The Balaban J connectivity index is 1.31. The Labute approximate surface area is 238 Å². The molecule has 4 rings (SSSR count). The van der Waals surface area contributed by atoms with Crippen molar-refractivity contribution in [1.29, 1.82) is 5.26 Å². The third kappa shape index (κ3) is 7.93. The normalized spacial score (nSPS) is 14.2. The molecule has 0 fully saturated rings. The molecule has 0 bridgehead atoms. The van der Waals surface area contributed by atoms with Crippen LogP contribution in [0, 0.1) is 17.2 Å². The highest BCUT2D eigenvalue weighted by Gasteiger charge is 2.20. The predicted molar refractivity (Wildman–Crippen MR) is 153 cm³/mol. The summed E-state index contributed by atoms with van der Waals surface area (Å²) in [6.07, 6.45) is 5.65. The smallest absolute Gasteiger partial charge is 0.463 e. The van der Waals surface area contributed by atoms with Crippen molar-refractivity contribution >= 4 is 34.4 Å². The van der Waals surface area contributed by atoms with Gasteiger partial charge in [-0.2, -0.15) is 5.26 Å². The second-order valence-corrected chi connectivity index (χ2v) is 9.44. The van der Waals surface area contributed by atoms with Crippen LogP contribution in [0.2, 0.25) is 0 Å². The lowest BCUT2D eigenvalue weighted by molar-refractivity contribution is -0.137. The summed E-state index contributed by atoms with van der Waals surface area (Å²) in [7, 11) is 0. The Kier molecular flexibility index (Phi) is 9.68. The van der Waals surface area contributed by atoms with Crippen LogP contribution in [-0.2, 0) is 19.0 Å². The molecular weight excluding hydrogens is 522 g/mol. The molecule has 0 saturated carbocycles. The van der Waals surface area contributed by atoms with E-state index >= 15 is 0 Å². The number of carbonyl (C=O) groups excluding carboxylic acids is 3. The Morgan fingerprint density at radius 3 is 2.34 bits per heavy atom. The first-order chi connectivity index (χ1) is 19.9. The molecule has 0 unspecified atom stereocenters. The number of carbonyl (C=O) groups is 3. The van der Waals surface area contributed by atoms with E-state index in [0.29, 0.717) is 41.9 Å². The number of unbranched alkanes of at least 4 members (excludes halogenated alkanes) is 1. The molecule has 0 aliphatic heterocycles. The van der Waals surface area contributed by atoms with E-state index in [1.807, 2.05) is 24.3 Å². The van der Waals surface area contributed by atoms with E-state index < -0.39 is 18.1 Å². The molecule has 8 heteroatoms. The second kappa shape index (κ2) is 13.8. The summed E-state index contributed by atoms with van der Waals surface area (Å²) >= 11 is 0. The quantitative estimate of drug-likeness (QED) is 0.0879. The van der Waals surface area contributed by atoms with Gasteiger partial charge in [-0.3, -0.25) is 0 Å². The Morgan fingerprint density at radius 2 is 1.63 bits per heavy atom. The third-order valence-corrected chi connectivity index (χ3v) is 6.48. The Morgan fingerprint density at radius 1 is 0.927 bits per heavy atom. The Hall–Kier alpha value is -5.16. The number of nitriles is 1. The van der Waals surface area contributed by atoms with E-state index in [4.69, 9.17) is 24.2 Å². The van der Waals surface area contributed by atoms with Crippen molar-refractivity contribution in [2.75, 3.05) is 13.2 Å². The molecule has 0 heterocycles. The zero-order chi connectivity index (χ0) is 29.2. The van der Waals surface area contributed by atoms with Gasteiger partial charge in [-0.25, -0.2) is 14.4 Å². The fourth-order valence-electron chi connectivity index (χ4n) is 4.33. The van der Waals surface area contributed by atoms with E-state index in [-0.39, 0.29) is 19.1 Å². The summed E-state index contributed by atoms with van der Waals surface area (Å²) in [5, 5.41) is 10.6. The molecule has 3 aromatic rings. The topological polar surface area (TPSA) is 112 Å². The van der Waals surface area contributed by atoms with Crippen molar-refractivity contribution in [2.45, 2.75) is 26.2 Å². The van der Waals surface area contributed by atoms with Crippen molar-refractivity contribution in [3.63, 3.8) is 0 Å². The lowest BCUT2D eigenvalue weighted by atomic mass is 9.87. The van der Waals surface area contributed by atoms with Gasteiger partial charge in [0.1, 0.15) is 11.5 Å². The van der Waals surface area contributed by atoms with E-state index in [1.54, 1.807) is 48.5 Å². The van der Waals surface area contributed by atoms with Crippen LogP contribution < -0.4 is 4.74 Å². The summed E-state index contributed by atoms with van der Waals surface area (Å²) in [6, 6.07) is 19.8. The van der Waals surface area contributed by atoms with Crippen molar-refractivity contribution in [2.24, 2.45) is 5.92 Å². The molecule has 8 nitrogen and oxygen atoms in total. The number of ether oxygens (including phenoxy) is 4. The van der Waals surface area contributed by atoms with Gasteiger partial charge in [0, 0.05) is 12.5 Å². The first-order valence-electron chi connectivity index (χ1n) is 13.2. The molecule has 3 aromatic carbocycles. The fourth-order valence-corrected chi connectivity index (χ4v) is 4.33. The summed E-state index contributed by atoms with van der Waals surface area (Å²) < 4.78 is 20.9. The molecule has 1 aliphatic carbocycles. The minimum Gasteiger partial charge on any atom is -0.463 e. The molecule has 0 aromatic heterocycles. The molecule has 0 saturated heterocycles. The largest absolute Gasteiger partial charge is 0.513 e. The highest BCUT2D eigenvalue weighted by molar-refractivity contribution is 5.96. The van der Waals surface area contributed by atoms with Gasteiger partial charge in [0.25, 0.3) is 0 Å². The standard InChI is InChI=1S/C33H29NO7/c1-3-31(35)38-16-4-5-17-39-33(37)41-29-13-12-25-19-27(11-10-26(25)20-29)32(36)40-28-14-15-30(22(2)18-28)24-8-6-23(21-34)7-9-24/h3,6-15,19-20,22H,1,4-5,16-18H2,2H3/t22-/m1/s1. The molecule has 1 aliphatic rings. The number of allylic oxidation sites excluding steroid dienone is 4. The van der Waals surface area contributed by atoms with Gasteiger partial charge in [-0.05, 0) is 83.1 Å². The van der Waals surface area contributed by atoms with Crippen LogP contribution in [0.1, 0.15) is 47.7 Å². The monoisotopic (exact) mass is 551 g/mol. The highest BCUT2D eigenvalue weighted by atomic mass is 16.7. The summed E-state index contributed by atoms with van der Waals surface area (Å²) in [6.45, 7) is 5.74. The SMILES string of the molecule is C=CC(=O)OCCCCOC(=O)Oc1ccc2cc(C(=O)OC3=CC=C(c4ccc(C#N)cc4)[C@H](C)C3)ccc2c1. The van der Waals surface area contributed by atoms with Crippen LogP contribution in [0.4, 0.5) is 4.79 Å². The number of hydrogen-bond donors (Lipinski definition) is 0. The Bertz CT molecular complexity index is 1560. The minimum absolute atomic E-state index is 0.130. The van der Waals surface area contributed by atoms with Crippen molar-refractivity contribution < 1.29 is 33.3 Å². The molecule has 1 atom stereocenters. The average Bonchev–Trinajstić information content (AvgIpc) is 2.98. The third-order valence-electron chi connectivity index (χ3n) is 6.48. The van der Waals surface area contributed by atoms with Gasteiger partial charge >= 0.3 is 18.1 Å². The van der Waals surface area contributed by atoms with Crippen molar-refractivity contribution in [3.05, 3.63) is 108 Å². The number of fused-ring (bicyclic) bond motifs is 1. The molecular formula is C33H29NO7. The average molecular weight is 552 g/mol. The van der Waals surface area contributed by atoms with E-state index in [0.717, 1.165) is 28.0 Å². The highest BCUT2D eigenvalue weighted by Crippen LogP contribution is 2.33. The molecule has 0 radical (unpaired) electrons. The number of hydrogen-bond acceptors (Lipinski definition) is 8. The van der Waals surface area contributed by atoms with E-state index in [2.05, 4.69) is 19.6 Å². The first kappa shape index (κ1) is 28.8. The van der Waals surface area contributed by atoms with Crippen LogP contribution in [0.3, 0.4) is 0 Å². The lowest BCUT2D eigenvalue weighted by Gasteiger charge is -2.21. The van der Waals surface area contributed by atoms with Gasteiger partial charge in [0.15, 0.2) is 0 Å². The van der Waals surface area contributed by atoms with E-state index in [1.165, 1.54) is 0 Å². The molecule has 0 amide bonds. The van der Waals surface area contributed by atoms with Crippen molar-refractivity contribution in [3.8, 4) is 11.8 Å². The van der Waals surface area contributed by atoms with Crippen molar-refractivity contribution in [1.82, 2.24) is 0 Å². The molecule has 0 spiro atoms. The summed E-state index contributed by atoms with van der Waals surface area (Å²) in [5.74, 6) is 0.0851. The predicted octanol–water partition coefficient (Wildman–Crippen LogP) is 6.90. The maximum atomic E-state index is 12.9. The molecule has 41 heavy (non-hydrogen) atoms. The molecule has 208 valence electrons. The molecule has 0 N–H and O–H groups in total. The van der Waals surface area contributed by atoms with Gasteiger partial charge in [0.2, 0.25) is 0 Å². The van der Waals surface area contributed by atoms with Crippen LogP contribution in [0.15, 0.2) is 91.2 Å². The zero-order valence-electron chi connectivity index (χ0n) is 22.6. The van der Waals surface area contributed by atoms with Crippen LogP contribution in [0.25, 0.3) is 16.3 Å². The van der Waals surface area contributed by atoms with Gasteiger partial charge < -0.3 is 18.9 Å². The van der Waals surface area contributed by atoms with Crippen LogP contribution in [-0.4, -0.2) is 31.3 Å². The van der Waals surface area contributed by atoms with Gasteiger partial charge in [-0.15, -0.1) is 0 Å². The van der Waals surface area contributed by atoms with Crippen LogP contribution in [0.5, 0.6) is 5.75 Å². The van der Waals surface area contributed by atoms with Crippen LogP contribution >= 0.6 is 0 Å². The fraction of sp³-hybridized carbons (Fsp3) is 0.212. The maximum absolute atomic E-state index is 12.9. The maximum Gasteiger partial charge on any atom is 0.513 e.